The molecule has 1 aromatic heterocycles. The van der Waals surface area contributed by atoms with Crippen LogP contribution in [-0.4, -0.2) is 23.9 Å². The monoisotopic (exact) mass is 410 g/mol. The Kier molecular flexibility index (Phi) is 5.54. The molecule has 28 heavy (non-hydrogen) atoms. The number of aryl methyl sites for hydroxylation is 2. The molecule has 144 valence electrons. The van der Waals surface area contributed by atoms with E-state index in [1.807, 2.05) is 43.4 Å². The lowest BCUT2D eigenvalue weighted by Gasteiger charge is -2.35. The van der Waals surface area contributed by atoms with Gasteiger partial charge in [0.2, 0.25) is 5.91 Å². The van der Waals surface area contributed by atoms with Crippen LogP contribution in [0.15, 0.2) is 53.9 Å². The smallest absolute Gasteiger partial charge is 0.238 e. The van der Waals surface area contributed by atoms with E-state index in [1.54, 1.807) is 0 Å². The van der Waals surface area contributed by atoms with E-state index < -0.39 is 0 Å². The maximum absolute atomic E-state index is 12.9. The summed E-state index contributed by atoms with van der Waals surface area (Å²) in [7, 11) is 0. The molecule has 3 aromatic rings. The van der Waals surface area contributed by atoms with Crippen molar-refractivity contribution in [1.29, 1.82) is 0 Å². The molecule has 0 saturated carbocycles. The molecule has 0 saturated heterocycles. The molecule has 0 aliphatic carbocycles. The van der Waals surface area contributed by atoms with Gasteiger partial charge in [0.05, 0.1) is 23.3 Å². The first-order chi connectivity index (χ1) is 13.5. The van der Waals surface area contributed by atoms with Crippen molar-refractivity contribution in [1.82, 2.24) is 4.90 Å². The van der Waals surface area contributed by atoms with Crippen molar-refractivity contribution >= 4 is 34.5 Å². The number of amides is 1. The highest BCUT2D eigenvalue weighted by Gasteiger charge is 2.30. The molecule has 4 rings (SSSR count). The molecular weight excluding hydrogens is 388 g/mol. The van der Waals surface area contributed by atoms with E-state index in [9.17, 15) is 4.79 Å². The number of carbonyl (C=O) groups is 1. The second kappa shape index (κ2) is 8.08. The highest BCUT2D eigenvalue weighted by atomic mass is 35.5. The minimum Gasteiger partial charge on any atom is -0.323 e. The Morgan fingerprint density at radius 2 is 2.00 bits per heavy atom. The van der Waals surface area contributed by atoms with Crippen LogP contribution in [-0.2, 0) is 11.2 Å². The van der Waals surface area contributed by atoms with Gasteiger partial charge in [-0.2, -0.15) is 0 Å². The van der Waals surface area contributed by atoms with Crippen LogP contribution in [0.5, 0.6) is 0 Å². The van der Waals surface area contributed by atoms with E-state index in [1.165, 1.54) is 16.0 Å². The third-order valence-corrected chi connectivity index (χ3v) is 6.52. The Morgan fingerprint density at radius 1 is 1.21 bits per heavy atom. The Balaban J connectivity index is 1.57. The number of nitrogens with one attached hydrogen (secondary N) is 1. The molecule has 1 aliphatic heterocycles. The topological polar surface area (TPSA) is 32.3 Å². The van der Waals surface area contributed by atoms with Crippen molar-refractivity contribution in [3.05, 3.63) is 86.1 Å². The van der Waals surface area contributed by atoms with Crippen molar-refractivity contribution in [2.75, 3.05) is 18.4 Å². The molecule has 3 nitrogen and oxygen atoms in total. The lowest BCUT2D eigenvalue weighted by atomic mass is 9.93. The molecule has 2 aromatic carbocycles. The zero-order valence-electron chi connectivity index (χ0n) is 16.0. The Hall–Kier alpha value is -2.14. The zero-order chi connectivity index (χ0) is 19.7. The SMILES string of the molecule is Cc1cc(C)c(NC(=O)CN2CCc3sccc3C2c2ccccc2)c(Cl)c1. The summed E-state index contributed by atoms with van der Waals surface area (Å²) in [6.45, 7) is 5.17. The van der Waals surface area contributed by atoms with Crippen LogP contribution in [0, 0.1) is 13.8 Å². The van der Waals surface area contributed by atoms with Gasteiger partial charge in [0.15, 0.2) is 0 Å². The van der Waals surface area contributed by atoms with Gasteiger partial charge >= 0.3 is 0 Å². The van der Waals surface area contributed by atoms with E-state index in [0.29, 0.717) is 17.3 Å². The van der Waals surface area contributed by atoms with Crippen LogP contribution in [0.25, 0.3) is 0 Å². The van der Waals surface area contributed by atoms with Gasteiger partial charge in [-0.3, -0.25) is 9.69 Å². The maximum Gasteiger partial charge on any atom is 0.238 e. The number of rotatable bonds is 4. The minimum absolute atomic E-state index is 0.0338. The van der Waals surface area contributed by atoms with E-state index in [2.05, 4.69) is 45.9 Å². The number of hydrogen-bond acceptors (Lipinski definition) is 3. The summed E-state index contributed by atoms with van der Waals surface area (Å²) < 4.78 is 0. The number of carbonyl (C=O) groups excluding carboxylic acids is 1. The molecule has 1 aliphatic rings. The van der Waals surface area contributed by atoms with Crippen molar-refractivity contribution < 1.29 is 4.79 Å². The molecule has 5 heteroatoms. The third-order valence-electron chi connectivity index (χ3n) is 5.22. The van der Waals surface area contributed by atoms with Crippen LogP contribution < -0.4 is 5.32 Å². The second-order valence-electron chi connectivity index (χ2n) is 7.32. The number of halogens is 1. The van der Waals surface area contributed by atoms with Crippen LogP contribution >= 0.6 is 22.9 Å². The van der Waals surface area contributed by atoms with Crippen molar-refractivity contribution in [2.24, 2.45) is 0 Å². The summed E-state index contributed by atoms with van der Waals surface area (Å²) >= 11 is 8.18. The molecule has 1 unspecified atom stereocenters. The molecule has 0 fully saturated rings. The highest BCUT2D eigenvalue weighted by molar-refractivity contribution is 7.10. The molecule has 1 N–H and O–H groups in total. The lowest BCUT2D eigenvalue weighted by molar-refractivity contribution is -0.117. The average molecular weight is 411 g/mol. The third kappa shape index (κ3) is 3.86. The van der Waals surface area contributed by atoms with Gasteiger partial charge in [-0.1, -0.05) is 48.0 Å². The summed E-state index contributed by atoms with van der Waals surface area (Å²) in [5.74, 6) is -0.0338. The zero-order valence-corrected chi connectivity index (χ0v) is 17.6. The number of benzene rings is 2. The Labute approximate surface area is 175 Å². The molecule has 0 bridgehead atoms. The number of hydrogen-bond donors (Lipinski definition) is 1. The number of fused-ring (bicyclic) bond motifs is 1. The molecule has 1 atom stereocenters. The fourth-order valence-corrected chi connectivity index (χ4v) is 5.27. The van der Waals surface area contributed by atoms with Gasteiger partial charge in [-0.05, 0) is 60.0 Å². The standard InChI is InChI=1S/C23H23ClN2OS/c1-15-12-16(2)22(19(24)13-15)25-21(27)14-26-10-8-20-18(9-11-28-20)23(26)17-6-4-3-5-7-17/h3-7,9,11-13,23H,8,10,14H2,1-2H3,(H,25,27). The maximum atomic E-state index is 12.9. The summed E-state index contributed by atoms with van der Waals surface area (Å²) in [6, 6.07) is 16.7. The minimum atomic E-state index is -0.0338. The lowest BCUT2D eigenvalue weighted by Crippen LogP contribution is -2.40. The molecule has 2 heterocycles. The van der Waals surface area contributed by atoms with Crippen LogP contribution in [0.1, 0.15) is 33.2 Å². The van der Waals surface area contributed by atoms with Crippen LogP contribution in [0.2, 0.25) is 5.02 Å². The molecule has 0 radical (unpaired) electrons. The van der Waals surface area contributed by atoms with E-state index in [0.717, 1.165) is 24.1 Å². The fraction of sp³-hybridized carbons (Fsp3) is 0.261. The first kappa shape index (κ1) is 19.2. The van der Waals surface area contributed by atoms with Gasteiger partial charge in [0.25, 0.3) is 0 Å². The predicted octanol–water partition coefficient (Wildman–Crippen LogP) is 5.60. The van der Waals surface area contributed by atoms with Crippen molar-refractivity contribution in [3.8, 4) is 0 Å². The fourth-order valence-electron chi connectivity index (χ4n) is 4.00. The normalized spacial score (nSPS) is 16.6. The van der Waals surface area contributed by atoms with Gasteiger partial charge < -0.3 is 5.32 Å². The Bertz CT molecular complexity index is 976. The van der Waals surface area contributed by atoms with E-state index in [4.69, 9.17) is 11.6 Å². The average Bonchev–Trinajstić information content (AvgIpc) is 3.14. The number of nitrogens with zero attached hydrogens (tertiary/aromatic N) is 1. The molecule has 1 amide bonds. The molecule has 0 spiro atoms. The summed E-state index contributed by atoms with van der Waals surface area (Å²) in [4.78, 5) is 16.6. The van der Waals surface area contributed by atoms with Crippen molar-refractivity contribution in [3.63, 3.8) is 0 Å². The first-order valence-electron chi connectivity index (χ1n) is 9.45. The van der Waals surface area contributed by atoms with Crippen LogP contribution in [0.4, 0.5) is 5.69 Å². The van der Waals surface area contributed by atoms with Gasteiger partial charge in [-0.15, -0.1) is 11.3 Å². The number of thiophene rings is 1. The summed E-state index contributed by atoms with van der Waals surface area (Å²) in [5, 5.41) is 5.77. The first-order valence-corrected chi connectivity index (χ1v) is 10.7. The second-order valence-corrected chi connectivity index (χ2v) is 8.73. The predicted molar refractivity (Wildman–Crippen MR) is 117 cm³/mol. The van der Waals surface area contributed by atoms with Gasteiger partial charge in [0.1, 0.15) is 0 Å². The Morgan fingerprint density at radius 3 is 2.75 bits per heavy atom. The highest BCUT2D eigenvalue weighted by Crippen LogP contribution is 2.37. The molecular formula is C23H23ClN2OS. The van der Waals surface area contributed by atoms with Gasteiger partial charge in [0, 0.05) is 11.4 Å². The van der Waals surface area contributed by atoms with Crippen molar-refractivity contribution in [2.45, 2.75) is 26.3 Å². The van der Waals surface area contributed by atoms with Gasteiger partial charge in [-0.25, -0.2) is 0 Å². The van der Waals surface area contributed by atoms with E-state index >= 15 is 0 Å². The number of anilines is 1. The summed E-state index contributed by atoms with van der Waals surface area (Å²) in [5.41, 5.74) is 5.32. The largest absolute Gasteiger partial charge is 0.323 e. The van der Waals surface area contributed by atoms with E-state index in [-0.39, 0.29) is 11.9 Å². The quantitative estimate of drug-likeness (QED) is 0.606. The van der Waals surface area contributed by atoms with Crippen LogP contribution in [0.3, 0.4) is 0 Å². The summed E-state index contributed by atoms with van der Waals surface area (Å²) in [6.07, 6.45) is 0.980.